The van der Waals surface area contributed by atoms with Gasteiger partial charge in [-0.1, -0.05) is 0 Å². The summed E-state index contributed by atoms with van der Waals surface area (Å²) >= 11 is 0. The van der Waals surface area contributed by atoms with Crippen molar-refractivity contribution in [3.05, 3.63) is 38.9 Å². The molecule has 7 nitrogen and oxygen atoms in total. The summed E-state index contributed by atoms with van der Waals surface area (Å²) in [5.74, 6) is -0.0568. The fourth-order valence-corrected chi connectivity index (χ4v) is 2.49. The Hall–Kier alpha value is -2.41. The molecule has 0 bridgehead atoms. The summed E-state index contributed by atoms with van der Waals surface area (Å²) in [6.07, 6.45) is 0.788. The highest BCUT2D eigenvalue weighted by molar-refractivity contribution is 5.96. The highest BCUT2D eigenvalue weighted by Gasteiger charge is 2.36. The third-order valence-electron chi connectivity index (χ3n) is 3.90. The van der Waals surface area contributed by atoms with Crippen LogP contribution in [-0.4, -0.2) is 29.0 Å². The molecule has 3 rings (SSSR count). The van der Waals surface area contributed by atoms with E-state index in [1.165, 1.54) is 0 Å². The fraction of sp³-hybridized carbons (Fsp3) is 0.357. The Kier molecular flexibility index (Phi) is 3.13. The van der Waals surface area contributed by atoms with E-state index in [1.54, 1.807) is 18.2 Å². The van der Waals surface area contributed by atoms with Crippen LogP contribution in [0.25, 0.3) is 11.0 Å². The topological polar surface area (TPSA) is 107 Å². The Bertz CT molecular complexity index is 815. The normalized spacial score (nSPS) is 21.6. The molecule has 110 valence electrons. The number of aromatic nitrogens is 2. The average molecular weight is 288 g/mol. The largest absolute Gasteiger partial charge is 0.325 e. The summed E-state index contributed by atoms with van der Waals surface area (Å²) < 4.78 is 0. The fourth-order valence-electron chi connectivity index (χ4n) is 2.49. The number of rotatable bonds is 2. The molecule has 1 aliphatic rings. The molecule has 1 aromatic carbocycles. The second-order valence-electron chi connectivity index (χ2n) is 5.61. The van der Waals surface area contributed by atoms with Gasteiger partial charge in [0.1, 0.15) is 0 Å². The highest BCUT2D eigenvalue weighted by Crippen LogP contribution is 2.26. The molecule has 1 fully saturated rings. The van der Waals surface area contributed by atoms with Crippen molar-refractivity contribution in [2.75, 3.05) is 18.4 Å². The van der Waals surface area contributed by atoms with Crippen LogP contribution in [-0.2, 0) is 4.79 Å². The van der Waals surface area contributed by atoms with Crippen molar-refractivity contribution in [3.63, 3.8) is 0 Å². The number of carbonyl (C=O) groups is 1. The van der Waals surface area contributed by atoms with Crippen molar-refractivity contribution in [1.82, 2.24) is 15.3 Å². The van der Waals surface area contributed by atoms with Crippen molar-refractivity contribution in [1.29, 1.82) is 0 Å². The van der Waals surface area contributed by atoms with E-state index in [2.05, 4.69) is 20.6 Å². The third kappa shape index (κ3) is 2.47. The quantitative estimate of drug-likeness (QED) is 0.590. The van der Waals surface area contributed by atoms with E-state index in [9.17, 15) is 14.4 Å². The van der Waals surface area contributed by atoms with Crippen molar-refractivity contribution in [2.24, 2.45) is 5.41 Å². The first kappa shape index (κ1) is 13.6. The molecule has 1 saturated heterocycles. The number of benzene rings is 1. The maximum atomic E-state index is 12.3. The molecule has 0 aliphatic carbocycles. The van der Waals surface area contributed by atoms with Crippen LogP contribution < -0.4 is 21.8 Å². The summed E-state index contributed by atoms with van der Waals surface area (Å²) in [4.78, 5) is 39.8. The summed E-state index contributed by atoms with van der Waals surface area (Å²) in [6, 6.07) is 4.98. The molecule has 1 amide bonds. The summed E-state index contributed by atoms with van der Waals surface area (Å²) in [7, 11) is 0. The molecule has 1 unspecified atom stereocenters. The van der Waals surface area contributed by atoms with Crippen molar-refractivity contribution >= 4 is 22.6 Å². The monoisotopic (exact) mass is 288 g/mol. The molecule has 2 aromatic rings. The summed E-state index contributed by atoms with van der Waals surface area (Å²) in [6.45, 7) is 3.40. The molecule has 21 heavy (non-hydrogen) atoms. The molecule has 1 aliphatic heterocycles. The lowest BCUT2D eigenvalue weighted by Gasteiger charge is -2.21. The number of aromatic amines is 2. The minimum Gasteiger partial charge on any atom is -0.325 e. The molecule has 1 atom stereocenters. The van der Waals surface area contributed by atoms with E-state index >= 15 is 0 Å². The second-order valence-corrected chi connectivity index (χ2v) is 5.61. The number of hydrogen-bond donors (Lipinski definition) is 4. The zero-order valence-corrected chi connectivity index (χ0v) is 11.6. The predicted molar refractivity (Wildman–Crippen MR) is 79.4 cm³/mol. The van der Waals surface area contributed by atoms with Gasteiger partial charge in [-0.25, -0.2) is 0 Å². The molecule has 4 N–H and O–H groups in total. The maximum absolute atomic E-state index is 12.3. The number of fused-ring (bicyclic) bond motifs is 1. The van der Waals surface area contributed by atoms with E-state index < -0.39 is 16.5 Å². The molecule has 0 radical (unpaired) electrons. The zero-order valence-electron chi connectivity index (χ0n) is 11.6. The Labute approximate surface area is 119 Å². The molecule has 2 heterocycles. The van der Waals surface area contributed by atoms with Gasteiger partial charge in [-0.15, -0.1) is 0 Å². The maximum Gasteiger partial charge on any atom is 0.314 e. The Morgan fingerprint density at radius 3 is 2.57 bits per heavy atom. The zero-order chi connectivity index (χ0) is 15.0. The van der Waals surface area contributed by atoms with E-state index in [4.69, 9.17) is 0 Å². The minimum atomic E-state index is -0.710. The third-order valence-corrected chi connectivity index (χ3v) is 3.90. The Balaban J connectivity index is 1.91. The van der Waals surface area contributed by atoms with Crippen LogP contribution in [0.5, 0.6) is 0 Å². The van der Waals surface area contributed by atoms with Gasteiger partial charge in [0, 0.05) is 12.2 Å². The van der Waals surface area contributed by atoms with Crippen LogP contribution in [0.3, 0.4) is 0 Å². The van der Waals surface area contributed by atoms with Crippen molar-refractivity contribution in [2.45, 2.75) is 13.3 Å². The molecular formula is C14H16N4O3. The van der Waals surface area contributed by atoms with Gasteiger partial charge in [0.15, 0.2) is 0 Å². The summed E-state index contributed by atoms with van der Waals surface area (Å²) in [5.41, 5.74) is -0.239. The number of hydrogen-bond acceptors (Lipinski definition) is 4. The Morgan fingerprint density at radius 2 is 1.90 bits per heavy atom. The van der Waals surface area contributed by atoms with Gasteiger partial charge >= 0.3 is 11.1 Å². The summed E-state index contributed by atoms with van der Waals surface area (Å²) in [5, 5.41) is 6.03. The minimum absolute atomic E-state index is 0.0568. The van der Waals surface area contributed by atoms with Crippen LogP contribution in [0, 0.1) is 5.41 Å². The number of H-pyrrole nitrogens is 2. The van der Waals surface area contributed by atoms with Crippen LogP contribution in [0.4, 0.5) is 5.69 Å². The van der Waals surface area contributed by atoms with Crippen LogP contribution in [0.15, 0.2) is 27.8 Å². The van der Waals surface area contributed by atoms with Gasteiger partial charge in [0.2, 0.25) is 5.91 Å². The number of anilines is 1. The van der Waals surface area contributed by atoms with Gasteiger partial charge in [0.25, 0.3) is 0 Å². The Morgan fingerprint density at radius 1 is 1.19 bits per heavy atom. The first-order valence-corrected chi connectivity index (χ1v) is 6.76. The average Bonchev–Trinajstić information content (AvgIpc) is 2.89. The van der Waals surface area contributed by atoms with Gasteiger partial charge < -0.3 is 20.6 Å². The van der Waals surface area contributed by atoms with E-state index in [0.29, 0.717) is 23.3 Å². The lowest BCUT2D eigenvalue weighted by atomic mass is 9.89. The van der Waals surface area contributed by atoms with Gasteiger partial charge in [-0.2, -0.15) is 0 Å². The first-order chi connectivity index (χ1) is 9.98. The van der Waals surface area contributed by atoms with Gasteiger partial charge in [-0.3, -0.25) is 14.4 Å². The lowest BCUT2D eigenvalue weighted by Crippen LogP contribution is -2.35. The molecule has 0 spiro atoms. The molecule has 0 saturated carbocycles. The highest BCUT2D eigenvalue weighted by atomic mass is 16.2. The van der Waals surface area contributed by atoms with Crippen molar-refractivity contribution < 1.29 is 4.79 Å². The standard InChI is InChI=1S/C14H16N4O3/c1-14(4-5-15-7-14)13(21)16-8-2-3-9-10(6-8)18-12(20)11(19)17-9/h2-3,6,15H,4-5,7H2,1H3,(H,16,21)(H,17,19)(H,18,20). The number of nitrogens with one attached hydrogen (secondary N) is 4. The number of carbonyl (C=O) groups excluding carboxylic acids is 1. The number of amides is 1. The smallest absolute Gasteiger partial charge is 0.314 e. The van der Waals surface area contributed by atoms with E-state index in [-0.39, 0.29) is 5.91 Å². The second kappa shape index (κ2) is 4.85. The van der Waals surface area contributed by atoms with E-state index in [0.717, 1.165) is 13.0 Å². The van der Waals surface area contributed by atoms with E-state index in [1.807, 2.05) is 6.92 Å². The first-order valence-electron chi connectivity index (χ1n) is 6.76. The van der Waals surface area contributed by atoms with Crippen LogP contribution >= 0.6 is 0 Å². The molecule has 1 aromatic heterocycles. The molecule has 7 heteroatoms. The SMILES string of the molecule is CC1(C(=O)Nc2ccc3[nH]c(=O)c(=O)[nH]c3c2)CCNC1. The van der Waals surface area contributed by atoms with Gasteiger partial charge in [0.05, 0.1) is 16.4 Å². The lowest BCUT2D eigenvalue weighted by molar-refractivity contribution is -0.123. The van der Waals surface area contributed by atoms with Crippen LogP contribution in [0.1, 0.15) is 13.3 Å². The van der Waals surface area contributed by atoms with Gasteiger partial charge in [-0.05, 0) is 38.1 Å². The molecular weight excluding hydrogens is 272 g/mol. The van der Waals surface area contributed by atoms with Crippen LogP contribution in [0.2, 0.25) is 0 Å². The predicted octanol–water partition coefficient (Wildman–Crippen LogP) is 0.154. The van der Waals surface area contributed by atoms with Crippen molar-refractivity contribution in [3.8, 4) is 0 Å².